The molecular formula is C23H23N5O2S. The molecule has 0 atom stereocenters. The molecule has 4 aromatic heterocycles. The van der Waals surface area contributed by atoms with Crippen LogP contribution in [0.3, 0.4) is 0 Å². The predicted molar refractivity (Wildman–Crippen MR) is 125 cm³/mol. The van der Waals surface area contributed by atoms with E-state index in [-0.39, 0.29) is 5.88 Å². The zero-order valence-electron chi connectivity index (χ0n) is 17.7. The Morgan fingerprint density at radius 1 is 1.16 bits per heavy atom. The number of hydrogen-bond acceptors (Lipinski definition) is 6. The summed E-state index contributed by atoms with van der Waals surface area (Å²) < 4.78 is 2.71. The quantitative estimate of drug-likeness (QED) is 0.314. The highest BCUT2D eigenvalue weighted by Crippen LogP contribution is 2.41. The Morgan fingerprint density at radius 3 is 2.71 bits per heavy atom. The standard InChI is InChI=1S/C23H23N5O2S/c1-12-9-13-10-14(5-6-15(13)25-12)26-16-7-8-24-17-11-18(31-20(16)17)19-21(29)27-22(28(19)4)23(2,3)30/h5-11,25,29-30H,1-4H3,(H,24,26). The fraction of sp³-hybridized carbons (Fsp3) is 0.217. The zero-order valence-corrected chi connectivity index (χ0v) is 18.5. The number of pyridine rings is 1. The molecule has 0 amide bonds. The van der Waals surface area contributed by atoms with Crippen LogP contribution in [0.15, 0.2) is 42.6 Å². The van der Waals surface area contributed by atoms with E-state index in [4.69, 9.17) is 0 Å². The fourth-order valence-electron chi connectivity index (χ4n) is 3.97. The van der Waals surface area contributed by atoms with Gasteiger partial charge in [0.25, 0.3) is 0 Å². The van der Waals surface area contributed by atoms with Crippen molar-refractivity contribution in [3.05, 3.63) is 54.1 Å². The van der Waals surface area contributed by atoms with Crippen LogP contribution in [0.2, 0.25) is 0 Å². The molecule has 8 heteroatoms. The van der Waals surface area contributed by atoms with Gasteiger partial charge < -0.3 is 25.1 Å². The lowest BCUT2D eigenvalue weighted by Crippen LogP contribution is -2.21. The molecule has 0 aliphatic heterocycles. The van der Waals surface area contributed by atoms with Crippen LogP contribution in [0, 0.1) is 6.92 Å². The number of nitrogens with zero attached hydrogens (tertiary/aromatic N) is 3. The molecule has 7 nitrogen and oxygen atoms in total. The lowest BCUT2D eigenvalue weighted by molar-refractivity contribution is 0.0656. The number of benzene rings is 1. The summed E-state index contributed by atoms with van der Waals surface area (Å²) in [6.45, 7) is 5.34. The number of aromatic amines is 1. The van der Waals surface area contributed by atoms with Crippen molar-refractivity contribution in [2.45, 2.75) is 26.4 Å². The van der Waals surface area contributed by atoms with Gasteiger partial charge in [-0.3, -0.25) is 4.98 Å². The van der Waals surface area contributed by atoms with Gasteiger partial charge in [-0.05, 0) is 57.2 Å². The molecule has 0 unspecified atom stereocenters. The topological polar surface area (TPSA) is 99.0 Å². The van der Waals surface area contributed by atoms with Crippen molar-refractivity contribution in [2.24, 2.45) is 7.05 Å². The minimum Gasteiger partial charge on any atom is -0.492 e. The largest absolute Gasteiger partial charge is 0.492 e. The number of nitrogens with one attached hydrogen (secondary N) is 2. The molecule has 0 spiro atoms. The molecule has 0 bridgehead atoms. The van der Waals surface area contributed by atoms with E-state index in [1.165, 1.54) is 11.3 Å². The number of rotatable bonds is 4. The molecule has 4 heterocycles. The van der Waals surface area contributed by atoms with E-state index < -0.39 is 5.60 Å². The van der Waals surface area contributed by atoms with Crippen molar-refractivity contribution < 1.29 is 10.2 Å². The van der Waals surface area contributed by atoms with Gasteiger partial charge in [-0.25, -0.2) is 0 Å². The first kappa shape index (κ1) is 19.6. The van der Waals surface area contributed by atoms with Crippen LogP contribution in [0.4, 0.5) is 11.4 Å². The van der Waals surface area contributed by atoms with Crippen LogP contribution in [0.25, 0.3) is 31.7 Å². The minimum absolute atomic E-state index is 0.103. The Morgan fingerprint density at radius 2 is 1.97 bits per heavy atom. The van der Waals surface area contributed by atoms with E-state index in [1.807, 2.05) is 25.1 Å². The molecule has 31 heavy (non-hydrogen) atoms. The Bertz CT molecular complexity index is 1440. The van der Waals surface area contributed by atoms with Gasteiger partial charge in [-0.1, -0.05) is 0 Å². The van der Waals surface area contributed by atoms with Gasteiger partial charge in [0.15, 0.2) is 0 Å². The van der Waals surface area contributed by atoms with Gasteiger partial charge in [0.05, 0.1) is 20.8 Å². The number of imidazole rings is 1. The van der Waals surface area contributed by atoms with Gasteiger partial charge >= 0.3 is 0 Å². The van der Waals surface area contributed by atoms with Gasteiger partial charge in [0, 0.05) is 35.5 Å². The smallest absolute Gasteiger partial charge is 0.238 e. The molecular weight excluding hydrogens is 410 g/mol. The molecule has 0 aliphatic carbocycles. The molecule has 4 N–H and O–H groups in total. The normalized spacial score (nSPS) is 12.2. The monoisotopic (exact) mass is 433 g/mol. The molecule has 0 aliphatic rings. The number of fused-ring (bicyclic) bond motifs is 2. The number of aromatic hydroxyl groups is 1. The SMILES string of the molecule is Cc1cc2cc(Nc3ccnc4cc(-c5c(O)nc(C(C)(C)O)n5C)sc34)ccc2[nH]1. The molecule has 5 rings (SSSR count). The fourth-order valence-corrected chi connectivity index (χ4v) is 5.13. The maximum Gasteiger partial charge on any atom is 0.238 e. The Kier molecular flexibility index (Phi) is 4.32. The lowest BCUT2D eigenvalue weighted by Gasteiger charge is -2.16. The minimum atomic E-state index is -1.17. The number of aromatic nitrogens is 4. The average Bonchev–Trinajstić information content (AvgIpc) is 3.35. The van der Waals surface area contributed by atoms with Crippen molar-refractivity contribution in [2.75, 3.05) is 5.32 Å². The van der Waals surface area contributed by atoms with Crippen LogP contribution in [-0.2, 0) is 12.6 Å². The third-order valence-corrected chi connectivity index (χ3v) is 6.47. The highest BCUT2D eigenvalue weighted by Gasteiger charge is 2.27. The molecule has 0 radical (unpaired) electrons. The first-order chi connectivity index (χ1) is 14.7. The van der Waals surface area contributed by atoms with E-state index in [1.54, 1.807) is 31.7 Å². The first-order valence-electron chi connectivity index (χ1n) is 9.94. The van der Waals surface area contributed by atoms with Crippen molar-refractivity contribution in [1.29, 1.82) is 0 Å². The second-order valence-electron chi connectivity index (χ2n) is 8.29. The maximum atomic E-state index is 10.5. The highest BCUT2D eigenvalue weighted by molar-refractivity contribution is 7.22. The van der Waals surface area contributed by atoms with Crippen molar-refractivity contribution in [3.8, 4) is 16.5 Å². The van der Waals surface area contributed by atoms with E-state index in [2.05, 4.69) is 38.5 Å². The molecule has 1 aromatic carbocycles. The van der Waals surface area contributed by atoms with Gasteiger partial charge in [0.1, 0.15) is 17.1 Å². The summed E-state index contributed by atoms with van der Waals surface area (Å²) in [6, 6.07) is 12.2. The molecule has 158 valence electrons. The summed E-state index contributed by atoms with van der Waals surface area (Å²) in [5.74, 6) is 0.299. The van der Waals surface area contributed by atoms with Crippen LogP contribution in [0.1, 0.15) is 25.4 Å². The summed E-state index contributed by atoms with van der Waals surface area (Å²) in [5.41, 5.74) is 4.39. The van der Waals surface area contributed by atoms with Crippen LogP contribution in [-0.4, -0.2) is 29.7 Å². The molecule has 0 saturated carbocycles. The van der Waals surface area contributed by atoms with E-state index in [0.717, 1.165) is 43.1 Å². The van der Waals surface area contributed by atoms with E-state index in [9.17, 15) is 10.2 Å². The van der Waals surface area contributed by atoms with Crippen molar-refractivity contribution >= 4 is 43.8 Å². The second-order valence-corrected chi connectivity index (χ2v) is 9.34. The first-order valence-corrected chi connectivity index (χ1v) is 10.8. The second kappa shape index (κ2) is 6.83. The van der Waals surface area contributed by atoms with E-state index >= 15 is 0 Å². The van der Waals surface area contributed by atoms with Gasteiger partial charge in [-0.2, -0.15) is 4.98 Å². The highest BCUT2D eigenvalue weighted by atomic mass is 32.1. The van der Waals surface area contributed by atoms with Crippen LogP contribution in [0.5, 0.6) is 5.88 Å². The third-order valence-electron chi connectivity index (χ3n) is 5.30. The predicted octanol–water partition coefficient (Wildman–Crippen LogP) is 5.16. The molecule has 0 saturated heterocycles. The third kappa shape index (κ3) is 3.34. The number of anilines is 2. The van der Waals surface area contributed by atoms with Gasteiger partial charge in [-0.15, -0.1) is 11.3 Å². The molecule has 5 aromatic rings. The summed E-state index contributed by atoms with van der Waals surface area (Å²) in [4.78, 5) is 12.9. The number of aryl methyl sites for hydroxylation is 1. The van der Waals surface area contributed by atoms with E-state index in [0.29, 0.717) is 11.5 Å². The molecule has 0 fully saturated rings. The lowest BCUT2D eigenvalue weighted by atomic mass is 10.1. The van der Waals surface area contributed by atoms with Crippen LogP contribution >= 0.6 is 11.3 Å². The van der Waals surface area contributed by atoms with Crippen molar-refractivity contribution in [1.82, 2.24) is 19.5 Å². The summed E-state index contributed by atoms with van der Waals surface area (Å²) in [5, 5.41) is 25.5. The number of thiophene rings is 1. The van der Waals surface area contributed by atoms with Crippen molar-refractivity contribution in [3.63, 3.8) is 0 Å². The Labute approximate surface area is 183 Å². The van der Waals surface area contributed by atoms with Crippen LogP contribution < -0.4 is 5.32 Å². The van der Waals surface area contributed by atoms with Gasteiger partial charge in [0.2, 0.25) is 5.88 Å². The summed E-state index contributed by atoms with van der Waals surface area (Å²) in [6.07, 6.45) is 1.77. The average molecular weight is 434 g/mol. The zero-order chi connectivity index (χ0) is 21.9. The Hall–Kier alpha value is -3.36. The number of aliphatic hydroxyl groups is 1. The Balaban J connectivity index is 1.57. The summed E-state index contributed by atoms with van der Waals surface area (Å²) >= 11 is 1.52. The summed E-state index contributed by atoms with van der Waals surface area (Å²) in [7, 11) is 1.79. The number of H-pyrrole nitrogens is 1. The maximum absolute atomic E-state index is 10.5. The number of hydrogen-bond donors (Lipinski definition) is 4.